The van der Waals surface area contributed by atoms with Crippen LogP contribution >= 0.6 is 0 Å². The van der Waals surface area contributed by atoms with Crippen LogP contribution in [0.2, 0.25) is 0 Å². The number of carbonyl (C=O) groups is 2. The molecule has 1 aliphatic rings. The van der Waals surface area contributed by atoms with Crippen LogP contribution in [-0.4, -0.2) is 99.6 Å². The van der Waals surface area contributed by atoms with E-state index in [0.29, 0.717) is 12.8 Å². The highest BCUT2D eigenvalue weighted by atomic mass is 16.7. The number of carbonyl (C=O) groups excluding carboxylic acids is 2. The zero-order valence-corrected chi connectivity index (χ0v) is 56.3. The topological polar surface area (TPSA) is 175 Å². The number of aliphatic hydroxyl groups excluding tert-OH is 5. The van der Waals surface area contributed by atoms with Gasteiger partial charge in [0.15, 0.2) is 12.4 Å². The Hall–Kier alpha value is -3.68. The van der Waals surface area contributed by atoms with Gasteiger partial charge in [-0.3, -0.25) is 9.59 Å². The number of allylic oxidation sites excluding steroid dienone is 17. The Labute approximate surface area is 538 Å². The molecule has 1 aliphatic heterocycles. The number of ether oxygens (including phenoxy) is 3. The van der Waals surface area contributed by atoms with Gasteiger partial charge in [0.2, 0.25) is 5.91 Å². The normalized spacial score (nSPS) is 18.8. The first-order valence-electron chi connectivity index (χ1n) is 36.2. The van der Waals surface area contributed by atoms with Crippen molar-refractivity contribution in [1.82, 2.24) is 5.32 Å². The van der Waals surface area contributed by atoms with Gasteiger partial charge in [-0.15, -0.1) is 0 Å². The maximum absolute atomic E-state index is 13.5. The fourth-order valence-electron chi connectivity index (χ4n) is 10.7. The molecule has 8 unspecified atom stereocenters. The molecule has 1 saturated heterocycles. The van der Waals surface area contributed by atoms with Gasteiger partial charge in [-0.25, -0.2) is 0 Å². The maximum atomic E-state index is 13.5. The lowest BCUT2D eigenvalue weighted by molar-refractivity contribution is -0.305. The minimum atomic E-state index is -1.62. The lowest BCUT2D eigenvalue weighted by atomic mass is 9.99. The molecule has 0 spiro atoms. The standard InChI is InChI=1S/C77H133NO10/c1-4-7-10-13-16-19-22-25-27-29-31-33-34-35-36-37-38-39-41-43-45-47-50-53-56-59-62-65-72(82)88-75-74(84)73(83)71(66-79)87-77(75)86-67-68(69(80)63-60-57-54-51-48-24-21-18-15-12-9-6-3)78-76(85)70(81)64-61-58-55-52-49-46-44-42-40-32-30-28-26-23-20-17-14-11-8-5-2/h7,10,16-17,19-20,25-28,31-33,35-36,40,60,63,68-71,73-75,77,79-81,83-84H,4-6,8-9,11-15,18,21-24,29-30,34,37-39,41-59,61-62,64-67H2,1-3H3,(H,78,85)/b10-7-,19-16-,20-17-,27-25-,28-26-,33-31-,36-35-,40-32-,63-60+. The second kappa shape index (κ2) is 63.5. The molecule has 11 heteroatoms. The summed E-state index contributed by atoms with van der Waals surface area (Å²) in [6.45, 7) is 5.66. The van der Waals surface area contributed by atoms with E-state index in [9.17, 15) is 35.1 Å². The van der Waals surface area contributed by atoms with Crippen molar-refractivity contribution in [1.29, 1.82) is 0 Å². The summed E-state index contributed by atoms with van der Waals surface area (Å²) >= 11 is 0. The van der Waals surface area contributed by atoms with Crippen molar-refractivity contribution < 1.29 is 49.3 Å². The molecule has 0 aromatic heterocycles. The lowest BCUT2D eigenvalue weighted by Gasteiger charge is -2.41. The van der Waals surface area contributed by atoms with Crippen molar-refractivity contribution in [2.45, 2.75) is 352 Å². The Morgan fingerprint density at radius 2 is 0.818 bits per heavy atom. The average molecular weight is 1230 g/mol. The summed E-state index contributed by atoms with van der Waals surface area (Å²) in [5.41, 5.74) is 0. The Morgan fingerprint density at radius 3 is 1.25 bits per heavy atom. The van der Waals surface area contributed by atoms with Gasteiger partial charge >= 0.3 is 5.97 Å². The molecule has 0 aliphatic carbocycles. The van der Waals surface area contributed by atoms with Crippen molar-refractivity contribution >= 4 is 11.9 Å². The van der Waals surface area contributed by atoms with Crippen LogP contribution in [0.4, 0.5) is 0 Å². The second-order valence-electron chi connectivity index (χ2n) is 24.6. The van der Waals surface area contributed by atoms with E-state index in [4.69, 9.17) is 14.2 Å². The molecule has 6 N–H and O–H groups in total. The van der Waals surface area contributed by atoms with Crippen LogP contribution < -0.4 is 5.32 Å². The second-order valence-corrected chi connectivity index (χ2v) is 24.6. The first-order chi connectivity index (χ1) is 43.2. The molecule has 506 valence electrons. The number of hydrogen-bond acceptors (Lipinski definition) is 10. The fraction of sp³-hybridized carbons (Fsp3) is 0.740. The fourth-order valence-corrected chi connectivity index (χ4v) is 10.7. The molecule has 1 fully saturated rings. The predicted molar refractivity (Wildman–Crippen MR) is 370 cm³/mol. The number of hydrogen-bond donors (Lipinski definition) is 6. The van der Waals surface area contributed by atoms with Gasteiger partial charge in [-0.05, 0) is 109 Å². The minimum Gasteiger partial charge on any atom is -0.454 e. The van der Waals surface area contributed by atoms with E-state index < -0.39 is 67.4 Å². The highest BCUT2D eigenvalue weighted by Crippen LogP contribution is 2.26. The van der Waals surface area contributed by atoms with Crippen LogP contribution in [0.1, 0.15) is 303 Å². The van der Waals surface area contributed by atoms with E-state index in [0.717, 1.165) is 122 Å². The molecular formula is C77H133NO10. The van der Waals surface area contributed by atoms with Gasteiger partial charge in [0.1, 0.15) is 24.4 Å². The summed E-state index contributed by atoms with van der Waals surface area (Å²) in [7, 11) is 0. The molecule has 11 nitrogen and oxygen atoms in total. The summed E-state index contributed by atoms with van der Waals surface area (Å²) in [5.74, 6) is -1.20. The van der Waals surface area contributed by atoms with E-state index in [1.807, 2.05) is 6.08 Å². The van der Waals surface area contributed by atoms with Crippen LogP contribution in [-0.2, 0) is 23.8 Å². The smallest absolute Gasteiger partial charge is 0.306 e. The molecule has 88 heavy (non-hydrogen) atoms. The molecule has 0 aromatic carbocycles. The zero-order chi connectivity index (χ0) is 63.9. The Bertz CT molecular complexity index is 1850. The monoisotopic (exact) mass is 1230 g/mol. The maximum Gasteiger partial charge on any atom is 0.306 e. The Kier molecular flexibility index (Phi) is 59.4. The summed E-state index contributed by atoms with van der Waals surface area (Å²) in [5, 5.41) is 57.3. The number of aliphatic hydroxyl groups is 5. The molecule has 0 radical (unpaired) electrons. The SMILES string of the molecule is CC/C=C\C/C=C\C/C=C\C/C=C\C/C=C\CCCCCCCCCCCCCC(=O)OC1C(OCC(NC(=O)C(O)CCCCCCCCC/C=C\C/C=C\C/C=C\CCCCC)C(O)/C=C/CCCCCCCCCCCC)OC(CO)C(O)C1O. The lowest BCUT2D eigenvalue weighted by Crippen LogP contribution is -2.61. The Morgan fingerprint density at radius 1 is 0.455 bits per heavy atom. The van der Waals surface area contributed by atoms with Crippen LogP contribution in [0.15, 0.2) is 109 Å². The number of unbranched alkanes of at least 4 members (excludes halogenated alkanes) is 31. The summed E-state index contributed by atoms with van der Waals surface area (Å²) in [6, 6.07) is -1.04. The number of amides is 1. The summed E-state index contributed by atoms with van der Waals surface area (Å²) in [6.07, 6.45) is 76.9. The minimum absolute atomic E-state index is 0.114. The third kappa shape index (κ3) is 50.0. The van der Waals surface area contributed by atoms with E-state index in [1.165, 1.54) is 135 Å². The van der Waals surface area contributed by atoms with Crippen molar-refractivity contribution in [3.63, 3.8) is 0 Å². The molecular weight excluding hydrogens is 1100 g/mol. The van der Waals surface area contributed by atoms with Crippen molar-refractivity contribution in [3.8, 4) is 0 Å². The first kappa shape index (κ1) is 82.3. The van der Waals surface area contributed by atoms with E-state index >= 15 is 0 Å². The average Bonchev–Trinajstić information content (AvgIpc) is 1.29. The number of nitrogens with one attached hydrogen (secondary N) is 1. The largest absolute Gasteiger partial charge is 0.454 e. The van der Waals surface area contributed by atoms with Gasteiger partial charge in [0.25, 0.3) is 0 Å². The van der Waals surface area contributed by atoms with Crippen LogP contribution in [0, 0.1) is 0 Å². The van der Waals surface area contributed by atoms with Crippen molar-refractivity contribution in [3.05, 3.63) is 109 Å². The molecule has 0 bridgehead atoms. The molecule has 8 atom stereocenters. The van der Waals surface area contributed by atoms with E-state index in [1.54, 1.807) is 6.08 Å². The van der Waals surface area contributed by atoms with Crippen molar-refractivity contribution in [2.75, 3.05) is 13.2 Å². The first-order valence-corrected chi connectivity index (χ1v) is 36.2. The number of rotatable bonds is 61. The van der Waals surface area contributed by atoms with Crippen LogP contribution in [0.5, 0.6) is 0 Å². The summed E-state index contributed by atoms with van der Waals surface area (Å²) in [4.78, 5) is 26.7. The summed E-state index contributed by atoms with van der Waals surface area (Å²) < 4.78 is 17.7. The highest BCUT2D eigenvalue weighted by molar-refractivity contribution is 5.80. The molecule has 1 rings (SSSR count). The molecule has 0 saturated carbocycles. The van der Waals surface area contributed by atoms with Crippen molar-refractivity contribution in [2.24, 2.45) is 0 Å². The van der Waals surface area contributed by atoms with Gasteiger partial charge in [0, 0.05) is 6.42 Å². The molecule has 0 aromatic rings. The Balaban J connectivity index is 2.56. The van der Waals surface area contributed by atoms with Crippen LogP contribution in [0.25, 0.3) is 0 Å². The predicted octanol–water partition coefficient (Wildman–Crippen LogP) is 18.8. The molecule has 1 amide bonds. The van der Waals surface area contributed by atoms with Gasteiger partial charge in [-0.1, -0.05) is 297 Å². The molecule has 1 heterocycles. The van der Waals surface area contributed by atoms with E-state index in [-0.39, 0.29) is 19.4 Å². The third-order valence-corrected chi connectivity index (χ3v) is 16.4. The van der Waals surface area contributed by atoms with Gasteiger partial charge in [-0.2, -0.15) is 0 Å². The van der Waals surface area contributed by atoms with Crippen LogP contribution in [0.3, 0.4) is 0 Å². The number of esters is 1. The quantitative estimate of drug-likeness (QED) is 0.0195. The van der Waals surface area contributed by atoms with Gasteiger partial charge in [0.05, 0.1) is 25.4 Å². The van der Waals surface area contributed by atoms with Gasteiger partial charge < -0.3 is 45.1 Å². The highest BCUT2D eigenvalue weighted by Gasteiger charge is 2.47. The zero-order valence-electron chi connectivity index (χ0n) is 56.3. The van der Waals surface area contributed by atoms with E-state index in [2.05, 4.69) is 123 Å². The third-order valence-electron chi connectivity index (χ3n) is 16.4.